The van der Waals surface area contributed by atoms with E-state index in [1.54, 1.807) is 0 Å². The summed E-state index contributed by atoms with van der Waals surface area (Å²) < 4.78 is 0. The molecule has 0 unspecified atom stereocenters. The van der Waals surface area contributed by atoms with Crippen LogP contribution in [0.3, 0.4) is 0 Å². The Bertz CT molecular complexity index is 127. The molecule has 0 radical (unpaired) electrons. The van der Waals surface area contributed by atoms with E-state index in [1.807, 2.05) is 6.08 Å². The minimum atomic E-state index is -2.39. The Morgan fingerprint density at radius 1 is 1.33 bits per heavy atom. The van der Waals surface area contributed by atoms with Crippen molar-refractivity contribution in [1.82, 2.24) is 0 Å². The quantitative estimate of drug-likeness (QED) is 0.347. The van der Waals surface area contributed by atoms with Crippen molar-refractivity contribution < 1.29 is 0 Å². The Labute approximate surface area is 69.9 Å². The van der Waals surface area contributed by atoms with Gasteiger partial charge in [0.25, 0.3) is 0 Å². The zero-order valence-corrected chi connectivity index (χ0v) is 8.05. The van der Waals surface area contributed by atoms with E-state index in [9.17, 15) is 0 Å². The largest absolute Gasteiger partial charge is 0.347 e. The van der Waals surface area contributed by atoms with Gasteiger partial charge in [0.1, 0.15) is 0 Å². The number of hydrogen-bond donors (Lipinski definition) is 0. The minimum Gasteiger partial charge on any atom is -0.125 e. The van der Waals surface area contributed by atoms with Crippen LogP contribution in [-0.2, 0) is 0 Å². The molecule has 1 rings (SSSR count). The highest BCUT2D eigenvalue weighted by atomic mass is 35.8. The van der Waals surface area contributed by atoms with Crippen LogP contribution in [0.2, 0.25) is 5.54 Å². The molecule has 0 fully saturated rings. The van der Waals surface area contributed by atoms with Gasteiger partial charge in [0.15, 0.2) is 0 Å². The van der Waals surface area contributed by atoms with E-state index < -0.39 is 6.00 Å². The maximum atomic E-state index is 5.76. The van der Waals surface area contributed by atoms with Gasteiger partial charge in [0.2, 0.25) is 0 Å². The zero-order chi connectivity index (χ0) is 6.91. The fourth-order valence-corrected chi connectivity index (χ4v) is 3.39. The van der Waals surface area contributed by atoms with Crippen LogP contribution in [0.5, 0.6) is 0 Å². The average molecular weight is 202 g/mol. The lowest BCUT2D eigenvalue weighted by molar-refractivity contribution is 0.917. The summed E-state index contributed by atoms with van der Waals surface area (Å²) in [5.74, 6) is 0. The van der Waals surface area contributed by atoms with Crippen molar-refractivity contribution in [3.8, 4) is 0 Å². The van der Waals surface area contributed by atoms with Crippen molar-refractivity contribution in [3.63, 3.8) is 0 Å². The summed E-state index contributed by atoms with van der Waals surface area (Å²) in [4.78, 5) is 0. The van der Waals surface area contributed by atoms with Crippen molar-refractivity contribution in [2.45, 2.75) is 18.4 Å². The van der Waals surface area contributed by atoms with Crippen molar-refractivity contribution in [1.29, 1.82) is 0 Å². The first-order chi connectivity index (χ1) is 4.11. The Hall–Kier alpha value is 0.827. The van der Waals surface area contributed by atoms with Crippen molar-refractivity contribution in [2.75, 3.05) is 0 Å². The predicted molar refractivity (Wildman–Crippen MR) is 45.4 cm³/mol. The average Bonchev–Trinajstić information content (AvgIpc) is 2.08. The summed E-state index contributed by atoms with van der Waals surface area (Å²) in [6.45, 7) is 0. The molecule has 0 nitrogen and oxygen atoms in total. The van der Waals surface area contributed by atoms with E-state index in [1.165, 1.54) is 0 Å². The van der Waals surface area contributed by atoms with Crippen LogP contribution in [0.15, 0.2) is 12.2 Å². The SMILES string of the molecule is Cl[Si](Cl)(Cl)[C@@H]1C=CCC1. The molecule has 0 heterocycles. The van der Waals surface area contributed by atoms with Crippen LogP contribution in [-0.4, -0.2) is 6.00 Å². The van der Waals surface area contributed by atoms with Gasteiger partial charge in [0.05, 0.1) is 0 Å². The molecule has 52 valence electrons. The molecule has 0 aromatic rings. The molecule has 4 heteroatoms. The van der Waals surface area contributed by atoms with Gasteiger partial charge in [-0.25, -0.2) is 0 Å². The summed E-state index contributed by atoms with van der Waals surface area (Å²) in [7, 11) is 0. The van der Waals surface area contributed by atoms with Crippen molar-refractivity contribution in [2.24, 2.45) is 0 Å². The van der Waals surface area contributed by atoms with Crippen LogP contribution in [0.25, 0.3) is 0 Å². The molecular formula is C5H7Cl3Si. The van der Waals surface area contributed by atoms with Crippen molar-refractivity contribution in [3.05, 3.63) is 12.2 Å². The highest BCUT2D eigenvalue weighted by molar-refractivity contribution is 7.65. The second-order valence-electron chi connectivity index (χ2n) is 2.15. The molecule has 0 saturated heterocycles. The molecule has 0 N–H and O–H groups in total. The van der Waals surface area contributed by atoms with Gasteiger partial charge in [-0.05, 0) is 12.8 Å². The minimum absolute atomic E-state index is 0.266. The van der Waals surface area contributed by atoms with Crippen molar-refractivity contribution >= 4 is 39.2 Å². The van der Waals surface area contributed by atoms with Crippen LogP contribution >= 0.6 is 33.2 Å². The van der Waals surface area contributed by atoms with E-state index in [0.717, 1.165) is 12.8 Å². The van der Waals surface area contributed by atoms with Gasteiger partial charge in [0, 0.05) is 5.54 Å². The molecule has 0 aromatic heterocycles. The third-order valence-electron chi connectivity index (χ3n) is 1.43. The molecule has 1 aliphatic carbocycles. The summed E-state index contributed by atoms with van der Waals surface area (Å²) in [5, 5.41) is 0. The second-order valence-corrected chi connectivity index (χ2v) is 11.1. The first-order valence-corrected chi connectivity index (χ1v) is 7.95. The van der Waals surface area contributed by atoms with Gasteiger partial charge in [-0.15, -0.1) is 33.2 Å². The standard InChI is InChI=1S/C5H7Cl3Si/c6-9(7,8)5-3-1-2-4-5/h1,3,5H,2,4H2/t5-/m1/s1. The van der Waals surface area contributed by atoms with Crippen LogP contribution in [0, 0.1) is 0 Å². The summed E-state index contributed by atoms with van der Waals surface area (Å²) >= 11 is 17.3. The second kappa shape index (κ2) is 2.83. The Morgan fingerprint density at radius 2 is 2.00 bits per heavy atom. The molecule has 1 atom stereocenters. The van der Waals surface area contributed by atoms with E-state index in [0.29, 0.717) is 0 Å². The van der Waals surface area contributed by atoms with Crippen LogP contribution < -0.4 is 0 Å². The topological polar surface area (TPSA) is 0 Å². The lowest BCUT2D eigenvalue weighted by Crippen LogP contribution is -2.15. The Kier molecular flexibility index (Phi) is 2.49. The number of rotatable bonds is 1. The fraction of sp³-hybridized carbons (Fsp3) is 0.600. The highest BCUT2D eigenvalue weighted by Crippen LogP contribution is 2.40. The third kappa shape index (κ3) is 2.15. The summed E-state index contributed by atoms with van der Waals surface area (Å²) in [6, 6.07) is -2.39. The van der Waals surface area contributed by atoms with Crippen LogP contribution in [0.1, 0.15) is 12.8 Å². The lowest BCUT2D eigenvalue weighted by Gasteiger charge is -2.13. The smallest absolute Gasteiger partial charge is 0.125 e. The molecule has 1 aliphatic rings. The van der Waals surface area contributed by atoms with Gasteiger partial charge in [-0.1, -0.05) is 12.2 Å². The third-order valence-corrected chi connectivity index (χ3v) is 5.28. The van der Waals surface area contributed by atoms with Gasteiger partial charge in [-0.2, -0.15) is 0 Å². The highest BCUT2D eigenvalue weighted by Gasteiger charge is 2.35. The zero-order valence-electron chi connectivity index (χ0n) is 4.78. The molecule has 0 aromatic carbocycles. The normalized spacial score (nSPS) is 27.2. The van der Waals surface area contributed by atoms with E-state index in [4.69, 9.17) is 33.2 Å². The number of halogens is 3. The number of allylic oxidation sites excluding steroid dienone is 2. The van der Waals surface area contributed by atoms with Gasteiger partial charge in [-0.3, -0.25) is 0 Å². The van der Waals surface area contributed by atoms with E-state index >= 15 is 0 Å². The molecular weight excluding hydrogens is 194 g/mol. The maximum Gasteiger partial charge on any atom is 0.347 e. The van der Waals surface area contributed by atoms with Gasteiger partial charge < -0.3 is 0 Å². The first-order valence-electron chi connectivity index (χ1n) is 2.84. The first kappa shape index (κ1) is 7.93. The molecule has 0 amide bonds. The molecule has 0 spiro atoms. The molecule has 9 heavy (non-hydrogen) atoms. The van der Waals surface area contributed by atoms with Crippen LogP contribution in [0.4, 0.5) is 0 Å². The monoisotopic (exact) mass is 200 g/mol. The predicted octanol–water partition coefficient (Wildman–Crippen LogP) is 3.36. The Morgan fingerprint density at radius 3 is 2.22 bits per heavy atom. The lowest BCUT2D eigenvalue weighted by atomic mass is 10.4. The summed E-state index contributed by atoms with van der Waals surface area (Å²) in [5.41, 5.74) is 0.266. The fourth-order valence-electron chi connectivity index (χ4n) is 0.905. The molecule has 0 aliphatic heterocycles. The number of hydrogen-bond acceptors (Lipinski definition) is 0. The molecule has 0 bridgehead atoms. The Balaban J connectivity index is 2.53. The molecule has 0 saturated carbocycles. The summed E-state index contributed by atoms with van der Waals surface area (Å²) in [6.07, 6.45) is 6.22. The van der Waals surface area contributed by atoms with E-state index in [-0.39, 0.29) is 5.54 Å². The van der Waals surface area contributed by atoms with Gasteiger partial charge >= 0.3 is 6.00 Å². The van der Waals surface area contributed by atoms with E-state index in [2.05, 4.69) is 6.08 Å². The maximum absolute atomic E-state index is 5.76.